The van der Waals surface area contributed by atoms with Gasteiger partial charge in [0, 0.05) is 29.7 Å². The summed E-state index contributed by atoms with van der Waals surface area (Å²) in [6, 6.07) is 13.2. The SMILES string of the molecule is CC(C)n1cnnc1-c1cccc(NC(=O)Nc2ncc(C3=CCNCC3)c3ccccc23)n1. The summed E-state index contributed by atoms with van der Waals surface area (Å²) in [6.07, 6.45) is 6.67. The molecule has 0 saturated heterocycles. The number of rotatable bonds is 5. The van der Waals surface area contributed by atoms with Gasteiger partial charge in [-0.2, -0.15) is 0 Å². The number of urea groups is 1. The van der Waals surface area contributed by atoms with Gasteiger partial charge in [-0.05, 0) is 49.9 Å². The first kappa shape index (κ1) is 21.7. The van der Waals surface area contributed by atoms with E-state index in [0.29, 0.717) is 23.2 Å². The van der Waals surface area contributed by atoms with E-state index in [9.17, 15) is 4.79 Å². The lowest BCUT2D eigenvalue weighted by atomic mass is 9.96. The van der Waals surface area contributed by atoms with Crippen LogP contribution in [0.5, 0.6) is 0 Å². The first-order valence-electron chi connectivity index (χ1n) is 11.3. The van der Waals surface area contributed by atoms with Crippen LogP contribution in [0.15, 0.2) is 61.1 Å². The molecule has 34 heavy (non-hydrogen) atoms. The first-order valence-corrected chi connectivity index (χ1v) is 11.3. The molecule has 1 aliphatic heterocycles. The van der Waals surface area contributed by atoms with Crippen molar-refractivity contribution in [2.45, 2.75) is 26.3 Å². The minimum atomic E-state index is -0.415. The zero-order chi connectivity index (χ0) is 23.5. The van der Waals surface area contributed by atoms with Gasteiger partial charge in [0.25, 0.3) is 0 Å². The molecule has 3 aromatic heterocycles. The van der Waals surface area contributed by atoms with Crippen LogP contribution in [0.1, 0.15) is 31.9 Å². The van der Waals surface area contributed by atoms with Crippen LogP contribution in [0.2, 0.25) is 0 Å². The Morgan fingerprint density at radius 3 is 2.74 bits per heavy atom. The maximum absolute atomic E-state index is 12.8. The molecule has 1 aliphatic rings. The zero-order valence-corrected chi connectivity index (χ0v) is 19.1. The number of benzene rings is 1. The second-order valence-electron chi connectivity index (χ2n) is 8.39. The average Bonchev–Trinajstić information content (AvgIpc) is 3.36. The van der Waals surface area contributed by atoms with E-state index in [1.165, 1.54) is 5.57 Å². The van der Waals surface area contributed by atoms with Gasteiger partial charge in [0.1, 0.15) is 23.7 Å². The summed E-state index contributed by atoms with van der Waals surface area (Å²) >= 11 is 0. The number of carbonyl (C=O) groups excluding carboxylic acids is 1. The van der Waals surface area contributed by atoms with Crippen molar-refractivity contribution in [3.63, 3.8) is 0 Å². The Bertz CT molecular complexity index is 1370. The highest BCUT2D eigenvalue weighted by atomic mass is 16.2. The van der Waals surface area contributed by atoms with E-state index in [0.717, 1.165) is 35.8 Å². The fourth-order valence-electron chi connectivity index (χ4n) is 4.10. The number of anilines is 2. The predicted molar refractivity (Wildman–Crippen MR) is 133 cm³/mol. The lowest BCUT2D eigenvalue weighted by Crippen LogP contribution is -2.21. The second kappa shape index (κ2) is 9.40. The number of pyridine rings is 2. The van der Waals surface area contributed by atoms with Crippen molar-refractivity contribution in [1.29, 1.82) is 0 Å². The number of amides is 2. The molecule has 0 saturated carbocycles. The Morgan fingerprint density at radius 2 is 1.94 bits per heavy atom. The number of hydrogen-bond donors (Lipinski definition) is 3. The van der Waals surface area contributed by atoms with Crippen molar-refractivity contribution in [3.8, 4) is 11.5 Å². The van der Waals surface area contributed by atoms with Gasteiger partial charge in [0.05, 0.1) is 0 Å². The third-order valence-electron chi connectivity index (χ3n) is 5.79. The highest BCUT2D eigenvalue weighted by Crippen LogP contribution is 2.31. The van der Waals surface area contributed by atoms with E-state index in [4.69, 9.17) is 0 Å². The molecule has 0 unspecified atom stereocenters. The maximum atomic E-state index is 12.8. The molecule has 0 radical (unpaired) electrons. The Kier molecular flexibility index (Phi) is 6.01. The molecule has 4 heterocycles. The van der Waals surface area contributed by atoms with E-state index >= 15 is 0 Å². The fraction of sp³-hybridized carbons (Fsp3) is 0.240. The smallest absolute Gasteiger partial charge is 0.313 e. The van der Waals surface area contributed by atoms with Crippen molar-refractivity contribution in [2.75, 3.05) is 23.7 Å². The molecule has 0 atom stereocenters. The Balaban J connectivity index is 1.38. The lowest BCUT2D eigenvalue weighted by Gasteiger charge is -2.17. The van der Waals surface area contributed by atoms with E-state index in [1.54, 1.807) is 12.4 Å². The highest BCUT2D eigenvalue weighted by Gasteiger charge is 2.15. The molecule has 2 amide bonds. The zero-order valence-electron chi connectivity index (χ0n) is 19.1. The van der Waals surface area contributed by atoms with Crippen molar-refractivity contribution in [2.24, 2.45) is 0 Å². The van der Waals surface area contributed by atoms with Gasteiger partial charge < -0.3 is 9.88 Å². The van der Waals surface area contributed by atoms with Crippen LogP contribution < -0.4 is 16.0 Å². The predicted octanol–water partition coefficient (Wildman–Crippen LogP) is 4.49. The first-order chi connectivity index (χ1) is 16.6. The fourth-order valence-corrected chi connectivity index (χ4v) is 4.10. The summed E-state index contributed by atoms with van der Waals surface area (Å²) in [5.41, 5.74) is 3.01. The number of hydrogen-bond acceptors (Lipinski definition) is 6. The van der Waals surface area contributed by atoms with Crippen LogP contribution >= 0.6 is 0 Å². The number of aromatic nitrogens is 5. The Morgan fingerprint density at radius 1 is 1.09 bits per heavy atom. The maximum Gasteiger partial charge on any atom is 0.326 e. The third kappa shape index (κ3) is 4.38. The largest absolute Gasteiger partial charge is 0.326 e. The molecule has 5 rings (SSSR count). The molecule has 1 aromatic carbocycles. The van der Waals surface area contributed by atoms with Crippen LogP contribution in [0.25, 0.3) is 27.9 Å². The molecule has 172 valence electrons. The third-order valence-corrected chi connectivity index (χ3v) is 5.79. The van der Waals surface area contributed by atoms with E-state index in [1.807, 2.05) is 54.9 Å². The van der Waals surface area contributed by atoms with Crippen LogP contribution in [0, 0.1) is 0 Å². The van der Waals surface area contributed by atoms with Crippen molar-refractivity contribution in [3.05, 3.63) is 66.6 Å². The van der Waals surface area contributed by atoms with Crippen LogP contribution in [0.4, 0.5) is 16.4 Å². The number of fused-ring (bicyclic) bond motifs is 1. The second-order valence-corrected chi connectivity index (χ2v) is 8.39. The minimum Gasteiger partial charge on any atom is -0.313 e. The van der Waals surface area contributed by atoms with Gasteiger partial charge in [-0.3, -0.25) is 10.6 Å². The summed E-state index contributed by atoms with van der Waals surface area (Å²) < 4.78 is 1.93. The molecular formula is C25H26N8O. The van der Waals surface area contributed by atoms with E-state index in [-0.39, 0.29) is 6.04 Å². The van der Waals surface area contributed by atoms with E-state index in [2.05, 4.69) is 48.3 Å². The van der Waals surface area contributed by atoms with Gasteiger partial charge in [-0.15, -0.1) is 10.2 Å². The van der Waals surface area contributed by atoms with Crippen LogP contribution in [0.3, 0.4) is 0 Å². The molecule has 0 aliphatic carbocycles. The number of carbonyl (C=O) groups is 1. The average molecular weight is 455 g/mol. The van der Waals surface area contributed by atoms with Gasteiger partial charge >= 0.3 is 6.03 Å². The lowest BCUT2D eigenvalue weighted by molar-refractivity contribution is 0.262. The number of nitrogens with zero attached hydrogens (tertiary/aromatic N) is 5. The van der Waals surface area contributed by atoms with Gasteiger partial charge in [0.2, 0.25) is 0 Å². The highest BCUT2D eigenvalue weighted by molar-refractivity contribution is 6.06. The van der Waals surface area contributed by atoms with Crippen molar-refractivity contribution >= 4 is 34.0 Å². The van der Waals surface area contributed by atoms with Gasteiger partial charge in [0.15, 0.2) is 5.82 Å². The summed E-state index contributed by atoms with van der Waals surface area (Å²) in [7, 11) is 0. The topological polar surface area (TPSA) is 110 Å². The monoisotopic (exact) mass is 454 g/mol. The molecule has 0 bridgehead atoms. The molecule has 0 spiro atoms. The minimum absolute atomic E-state index is 0.190. The quantitative estimate of drug-likeness (QED) is 0.410. The standard InChI is InChI=1S/C25H26N8O/c1-16(2)33-15-28-32-24(33)21-8-5-9-22(29-21)30-25(34)31-23-19-7-4-3-6-18(19)20(14-27-23)17-10-12-26-13-11-17/h3-10,14-16,26H,11-13H2,1-2H3,(H2,27,29,30,31,34). The van der Waals surface area contributed by atoms with Crippen molar-refractivity contribution < 1.29 is 4.79 Å². The summed E-state index contributed by atoms with van der Waals surface area (Å²) in [5, 5.41) is 19.2. The van der Waals surface area contributed by atoms with Crippen molar-refractivity contribution in [1.82, 2.24) is 30.0 Å². The molecule has 3 N–H and O–H groups in total. The molecule has 9 heteroatoms. The molecule has 9 nitrogen and oxygen atoms in total. The summed E-state index contributed by atoms with van der Waals surface area (Å²) in [5.74, 6) is 1.56. The molecular weight excluding hydrogens is 428 g/mol. The summed E-state index contributed by atoms with van der Waals surface area (Å²) in [6.45, 7) is 5.90. The Hall–Kier alpha value is -4.11. The molecule has 0 fully saturated rings. The van der Waals surface area contributed by atoms with Gasteiger partial charge in [-0.1, -0.05) is 36.4 Å². The van der Waals surface area contributed by atoms with E-state index < -0.39 is 6.03 Å². The van der Waals surface area contributed by atoms with Crippen LogP contribution in [-0.2, 0) is 0 Å². The summed E-state index contributed by atoms with van der Waals surface area (Å²) in [4.78, 5) is 22.0. The van der Waals surface area contributed by atoms with Crippen LogP contribution in [-0.4, -0.2) is 43.9 Å². The number of nitrogens with one attached hydrogen (secondary N) is 3. The Labute approximate surface area is 197 Å². The normalized spacial score (nSPS) is 13.7. The van der Waals surface area contributed by atoms with Gasteiger partial charge in [-0.25, -0.2) is 14.8 Å². The molecule has 4 aromatic rings.